The number of hydrogen-bond donors (Lipinski definition) is 1. The SMILES string of the molecule is Cc1ccc(CNC(=O)c2cc3cc(S(=O)(=O)N(C)C)ccc3n2Cc2ccncc2)o1. The Morgan fingerprint density at radius 2 is 1.84 bits per heavy atom. The molecule has 4 aromatic rings. The van der Waals surface area contributed by atoms with Gasteiger partial charge in [0.25, 0.3) is 5.91 Å². The maximum absolute atomic E-state index is 13.1. The van der Waals surface area contributed by atoms with E-state index in [9.17, 15) is 13.2 Å². The maximum Gasteiger partial charge on any atom is 0.268 e. The summed E-state index contributed by atoms with van der Waals surface area (Å²) in [7, 11) is -0.613. The van der Waals surface area contributed by atoms with Crippen LogP contribution in [0.3, 0.4) is 0 Å². The number of furan rings is 1. The number of carbonyl (C=O) groups excluding carboxylic acids is 1. The van der Waals surface area contributed by atoms with Gasteiger partial charge in [-0.3, -0.25) is 9.78 Å². The van der Waals surface area contributed by atoms with Crippen LogP contribution in [-0.2, 0) is 23.1 Å². The summed E-state index contributed by atoms with van der Waals surface area (Å²) in [4.78, 5) is 17.3. The van der Waals surface area contributed by atoms with Gasteiger partial charge in [-0.05, 0) is 61.0 Å². The first kappa shape index (κ1) is 21.8. The van der Waals surface area contributed by atoms with Crippen LogP contribution in [0, 0.1) is 6.92 Å². The van der Waals surface area contributed by atoms with Crippen molar-refractivity contribution in [2.75, 3.05) is 14.1 Å². The zero-order chi connectivity index (χ0) is 22.9. The minimum atomic E-state index is -3.59. The van der Waals surface area contributed by atoms with E-state index in [2.05, 4.69) is 10.3 Å². The second-order valence-electron chi connectivity index (χ2n) is 7.67. The molecule has 0 atom stereocenters. The van der Waals surface area contributed by atoms with Crippen LogP contribution in [0.15, 0.2) is 70.2 Å². The van der Waals surface area contributed by atoms with Crippen LogP contribution in [0.5, 0.6) is 0 Å². The molecular formula is C23H24N4O4S. The molecule has 0 aliphatic carbocycles. The first-order valence-corrected chi connectivity index (χ1v) is 11.5. The predicted octanol–water partition coefficient (Wildman–Crippen LogP) is 3.17. The molecule has 0 fully saturated rings. The molecule has 8 nitrogen and oxygen atoms in total. The maximum atomic E-state index is 13.1. The Hall–Kier alpha value is -3.43. The molecule has 0 aliphatic heterocycles. The Bertz CT molecular complexity index is 1370. The van der Waals surface area contributed by atoms with E-state index in [1.807, 2.05) is 35.8 Å². The van der Waals surface area contributed by atoms with Crippen LogP contribution >= 0.6 is 0 Å². The largest absolute Gasteiger partial charge is 0.465 e. The molecule has 0 radical (unpaired) electrons. The molecule has 0 bridgehead atoms. The topological polar surface area (TPSA) is 97.4 Å². The molecule has 0 unspecified atom stereocenters. The van der Waals surface area contributed by atoms with Crippen LogP contribution in [-0.4, -0.2) is 42.3 Å². The molecule has 9 heteroatoms. The van der Waals surface area contributed by atoms with E-state index in [1.165, 1.54) is 18.4 Å². The van der Waals surface area contributed by atoms with Crippen LogP contribution in [0.2, 0.25) is 0 Å². The molecule has 32 heavy (non-hydrogen) atoms. The molecule has 3 heterocycles. The Morgan fingerprint density at radius 3 is 2.50 bits per heavy atom. The molecule has 1 aromatic carbocycles. The van der Waals surface area contributed by atoms with Gasteiger partial charge in [0.15, 0.2) is 0 Å². The van der Waals surface area contributed by atoms with Crippen molar-refractivity contribution in [1.29, 1.82) is 0 Å². The highest BCUT2D eigenvalue weighted by molar-refractivity contribution is 7.89. The second kappa shape index (κ2) is 8.60. The van der Waals surface area contributed by atoms with Crippen molar-refractivity contribution >= 4 is 26.8 Å². The van der Waals surface area contributed by atoms with Gasteiger partial charge in [-0.2, -0.15) is 0 Å². The summed E-state index contributed by atoms with van der Waals surface area (Å²) >= 11 is 0. The Balaban J connectivity index is 1.74. The lowest BCUT2D eigenvalue weighted by molar-refractivity contribution is 0.0939. The highest BCUT2D eigenvalue weighted by atomic mass is 32.2. The number of aromatic nitrogens is 2. The van der Waals surface area contributed by atoms with Crippen LogP contribution in [0.1, 0.15) is 27.6 Å². The lowest BCUT2D eigenvalue weighted by Gasteiger charge is -2.13. The number of aryl methyl sites for hydroxylation is 1. The normalized spacial score (nSPS) is 11.9. The lowest BCUT2D eigenvalue weighted by Crippen LogP contribution is -2.25. The minimum Gasteiger partial charge on any atom is -0.465 e. The molecule has 166 valence electrons. The van der Waals surface area contributed by atoms with Gasteiger partial charge in [0, 0.05) is 43.9 Å². The average Bonchev–Trinajstić information content (AvgIpc) is 3.35. The number of fused-ring (bicyclic) bond motifs is 1. The summed E-state index contributed by atoms with van der Waals surface area (Å²) in [5.41, 5.74) is 2.16. The Morgan fingerprint density at radius 1 is 1.09 bits per heavy atom. The molecule has 0 aliphatic rings. The second-order valence-corrected chi connectivity index (χ2v) is 9.83. The number of hydrogen-bond acceptors (Lipinski definition) is 5. The first-order chi connectivity index (χ1) is 15.3. The van der Waals surface area contributed by atoms with E-state index in [0.717, 1.165) is 16.8 Å². The van der Waals surface area contributed by atoms with Gasteiger partial charge >= 0.3 is 0 Å². The van der Waals surface area contributed by atoms with E-state index in [1.54, 1.807) is 36.7 Å². The van der Waals surface area contributed by atoms with Crippen LogP contribution in [0.4, 0.5) is 0 Å². The van der Waals surface area contributed by atoms with Gasteiger partial charge in [-0.25, -0.2) is 12.7 Å². The van der Waals surface area contributed by atoms with Crippen LogP contribution < -0.4 is 5.32 Å². The number of amides is 1. The van der Waals surface area contributed by atoms with Crippen molar-refractivity contribution in [1.82, 2.24) is 19.2 Å². The molecule has 0 spiro atoms. The van der Waals surface area contributed by atoms with Gasteiger partial charge in [-0.15, -0.1) is 0 Å². The summed E-state index contributed by atoms with van der Waals surface area (Å²) in [5, 5.41) is 3.55. The fraction of sp³-hybridized carbons (Fsp3) is 0.217. The third kappa shape index (κ3) is 4.30. The minimum absolute atomic E-state index is 0.175. The molecular weight excluding hydrogens is 428 g/mol. The standard InChI is InChI=1S/C23H24N4O4S/c1-16-4-5-19(31-16)14-25-23(28)22-13-18-12-20(32(29,30)26(2)3)6-7-21(18)27(22)15-17-8-10-24-11-9-17/h4-13H,14-15H2,1-3H3,(H,25,28). The number of rotatable bonds is 7. The zero-order valence-corrected chi connectivity index (χ0v) is 18.9. The highest BCUT2D eigenvalue weighted by Gasteiger charge is 2.21. The smallest absolute Gasteiger partial charge is 0.268 e. The molecule has 3 aromatic heterocycles. The predicted molar refractivity (Wildman–Crippen MR) is 121 cm³/mol. The zero-order valence-electron chi connectivity index (χ0n) is 18.1. The molecule has 0 saturated carbocycles. The molecule has 4 rings (SSSR count). The summed E-state index contributed by atoms with van der Waals surface area (Å²) in [6, 6.07) is 14.0. The van der Waals surface area contributed by atoms with Crippen molar-refractivity contribution in [3.05, 3.63) is 83.7 Å². The van der Waals surface area contributed by atoms with E-state index in [4.69, 9.17) is 4.42 Å². The average molecular weight is 453 g/mol. The fourth-order valence-electron chi connectivity index (χ4n) is 3.49. The number of nitrogens with one attached hydrogen (secondary N) is 1. The number of sulfonamides is 1. The molecule has 1 N–H and O–H groups in total. The Labute approximate surface area is 186 Å². The van der Waals surface area contributed by atoms with Gasteiger partial charge in [0.2, 0.25) is 10.0 Å². The van der Waals surface area contributed by atoms with Crippen molar-refractivity contribution < 1.29 is 17.6 Å². The lowest BCUT2D eigenvalue weighted by atomic mass is 10.2. The monoisotopic (exact) mass is 452 g/mol. The number of carbonyl (C=O) groups is 1. The number of nitrogens with zero attached hydrogens (tertiary/aromatic N) is 3. The highest BCUT2D eigenvalue weighted by Crippen LogP contribution is 2.26. The summed E-state index contributed by atoms with van der Waals surface area (Å²) < 4.78 is 33.7. The summed E-state index contributed by atoms with van der Waals surface area (Å²) in [6.45, 7) is 2.54. The first-order valence-electron chi connectivity index (χ1n) is 10.0. The van der Waals surface area contributed by atoms with Crippen molar-refractivity contribution in [2.24, 2.45) is 0 Å². The third-order valence-corrected chi connectivity index (χ3v) is 7.00. The van der Waals surface area contributed by atoms with E-state index < -0.39 is 10.0 Å². The van der Waals surface area contributed by atoms with Crippen molar-refractivity contribution in [3.8, 4) is 0 Å². The van der Waals surface area contributed by atoms with Crippen molar-refractivity contribution in [2.45, 2.75) is 24.9 Å². The molecule has 1 amide bonds. The summed E-state index contributed by atoms with van der Waals surface area (Å²) in [6.07, 6.45) is 3.39. The molecule has 0 saturated heterocycles. The van der Waals surface area contributed by atoms with Gasteiger partial charge in [0.05, 0.1) is 11.4 Å². The van der Waals surface area contributed by atoms with Crippen LogP contribution in [0.25, 0.3) is 10.9 Å². The quantitative estimate of drug-likeness (QED) is 0.465. The van der Waals surface area contributed by atoms with E-state index in [0.29, 0.717) is 23.4 Å². The number of benzene rings is 1. The Kier molecular flexibility index (Phi) is 5.86. The summed E-state index contributed by atoms with van der Waals surface area (Å²) in [5.74, 6) is 1.16. The van der Waals surface area contributed by atoms with Gasteiger partial charge < -0.3 is 14.3 Å². The van der Waals surface area contributed by atoms with E-state index in [-0.39, 0.29) is 17.3 Å². The fourth-order valence-corrected chi connectivity index (χ4v) is 4.43. The third-order valence-electron chi connectivity index (χ3n) is 5.19. The van der Waals surface area contributed by atoms with Gasteiger partial charge in [0.1, 0.15) is 17.2 Å². The van der Waals surface area contributed by atoms with E-state index >= 15 is 0 Å². The van der Waals surface area contributed by atoms with Gasteiger partial charge in [-0.1, -0.05) is 0 Å². The van der Waals surface area contributed by atoms with Crippen molar-refractivity contribution in [3.63, 3.8) is 0 Å². The number of pyridine rings is 1.